The van der Waals surface area contributed by atoms with Crippen molar-refractivity contribution < 1.29 is 18.0 Å². The summed E-state index contributed by atoms with van der Waals surface area (Å²) in [5.41, 5.74) is -0.139. The molecular formula is C13H28O4Si. The summed E-state index contributed by atoms with van der Waals surface area (Å²) in [6.45, 7) is 11.7. The summed E-state index contributed by atoms with van der Waals surface area (Å²) in [6, 6.07) is 0. The van der Waals surface area contributed by atoms with E-state index in [1.54, 1.807) is 6.26 Å². The van der Waals surface area contributed by atoms with Gasteiger partial charge in [-0.1, -0.05) is 19.9 Å². The first-order chi connectivity index (χ1) is 8.70. The van der Waals surface area contributed by atoms with Crippen LogP contribution in [0.1, 0.15) is 47.5 Å². The molecule has 0 aromatic carbocycles. The predicted molar refractivity (Wildman–Crippen MR) is 75.2 cm³/mol. The fourth-order valence-corrected chi connectivity index (χ4v) is 4.44. The Balaban J connectivity index is 4.87. The van der Waals surface area contributed by atoms with Gasteiger partial charge in [-0.3, -0.25) is 0 Å². The Hall–Kier alpha value is -0.363. The lowest BCUT2D eigenvalue weighted by molar-refractivity contribution is 0.0161. The van der Waals surface area contributed by atoms with Crippen LogP contribution in [0.15, 0.2) is 12.3 Å². The maximum atomic E-state index is 5.83. The maximum absolute atomic E-state index is 5.83. The fraction of sp³-hybridized carbons (Fsp3) is 0.846. The summed E-state index contributed by atoms with van der Waals surface area (Å²) in [5, 5.41) is 0. The van der Waals surface area contributed by atoms with Gasteiger partial charge in [0, 0.05) is 19.8 Å². The third kappa shape index (κ3) is 5.52. The predicted octanol–water partition coefficient (Wildman–Crippen LogP) is 3.29. The van der Waals surface area contributed by atoms with Gasteiger partial charge in [-0.25, -0.2) is 0 Å². The molecule has 0 aliphatic heterocycles. The molecule has 0 saturated carbocycles. The van der Waals surface area contributed by atoms with E-state index >= 15 is 0 Å². The van der Waals surface area contributed by atoms with Crippen molar-refractivity contribution in [3.8, 4) is 0 Å². The van der Waals surface area contributed by atoms with Crippen molar-refractivity contribution in [3.05, 3.63) is 12.3 Å². The minimum absolute atomic E-state index is 0.139. The standard InChI is InChI=1S/C13H28O4Si/c1-6-11-12-14-13(7-2)18(15-8-3,16-9-4)17-10-5/h11-13H,6-10H2,1-5H3. The van der Waals surface area contributed by atoms with Crippen molar-refractivity contribution in [1.29, 1.82) is 0 Å². The van der Waals surface area contributed by atoms with Gasteiger partial charge in [-0.15, -0.1) is 0 Å². The van der Waals surface area contributed by atoms with Crippen molar-refractivity contribution in [2.45, 2.75) is 53.2 Å². The molecule has 0 rings (SSSR count). The van der Waals surface area contributed by atoms with Crippen LogP contribution in [-0.2, 0) is 18.0 Å². The Bertz CT molecular complexity index is 204. The van der Waals surface area contributed by atoms with Crippen LogP contribution in [0.2, 0.25) is 0 Å². The molecule has 0 aliphatic carbocycles. The smallest absolute Gasteiger partial charge is 0.494 e. The highest BCUT2D eigenvalue weighted by molar-refractivity contribution is 6.62. The van der Waals surface area contributed by atoms with Crippen LogP contribution in [-0.4, -0.2) is 34.4 Å². The zero-order valence-corrected chi connectivity index (χ0v) is 13.4. The monoisotopic (exact) mass is 276 g/mol. The molecule has 0 amide bonds. The average molecular weight is 276 g/mol. The van der Waals surface area contributed by atoms with Crippen LogP contribution in [0.4, 0.5) is 0 Å². The van der Waals surface area contributed by atoms with E-state index in [0.29, 0.717) is 19.8 Å². The van der Waals surface area contributed by atoms with Crippen LogP contribution < -0.4 is 0 Å². The number of rotatable bonds is 11. The van der Waals surface area contributed by atoms with Gasteiger partial charge in [0.15, 0.2) is 5.73 Å². The summed E-state index contributed by atoms with van der Waals surface area (Å²) in [4.78, 5) is 0. The fourth-order valence-electron chi connectivity index (χ4n) is 1.68. The highest BCUT2D eigenvalue weighted by Crippen LogP contribution is 2.21. The lowest BCUT2D eigenvalue weighted by Crippen LogP contribution is -2.57. The summed E-state index contributed by atoms with van der Waals surface area (Å²) in [7, 11) is -2.75. The Morgan fingerprint density at radius 1 is 0.889 bits per heavy atom. The van der Waals surface area contributed by atoms with Crippen LogP contribution in [0, 0.1) is 0 Å². The molecule has 0 spiro atoms. The first kappa shape index (κ1) is 17.6. The Morgan fingerprint density at radius 3 is 1.72 bits per heavy atom. The van der Waals surface area contributed by atoms with Gasteiger partial charge in [0.1, 0.15) is 0 Å². The first-order valence-corrected chi connectivity index (χ1v) is 8.73. The molecule has 0 aromatic heterocycles. The van der Waals surface area contributed by atoms with Gasteiger partial charge in [0.05, 0.1) is 6.26 Å². The first-order valence-electron chi connectivity index (χ1n) is 6.92. The van der Waals surface area contributed by atoms with E-state index in [1.807, 2.05) is 26.8 Å². The summed E-state index contributed by atoms with van der Waals surface area (Å²) in [5.74, 6) is 0. The van der Waals surface area contributed by atoms with E-state index in [0.717, 1.165) is 12.8 Å². The third-order valence-electron chi connectivity index (χ3n) is 2.38. The zero-order chi connectivity index (χ0) is 13.9. The minimum Gasteiger partial charge on any atom is -0.494 e. The van der Waals surface area contributed by atoms with Crippen molar-refractivity contribution in [1.82, 2.24) is 0 Å². The lowest BCUT2D eigenvalue weighted by Gasteiger charge is -2.33. The van der Waals surface area contributed by atoms with E-state index in [-0.39, 0.29) is 5.73 Å². The van der Waals surface area contributed by atoms with Gasteiger partial charge < -0.3 is 18.0 Å². The SMILES string of the molecule is CCC=COC(CC)[Si](OCC)(OCC)OCC. The quantitative estimate of drug-likeness (QED) is 0.428. The van der Waals surface area contributed by atoms with Crippen LogP contribution in [0.25, 0.3) is 0 Å². The molecule has 5 heteroatoms. The molecular weight excluding hydrogens is 248 g/mol. The molecule has 18 heavy (non-hydrogen) atoms. The molecule has 1 unspecified atom stereocenters. The molecule has 0 fully saturated rings. The van der Waals surface area contributed by atoms with Gasteiger partial charge in [-0.2, -0.15) is 0 Å². The van der Waals surface area contributed by atoms with E-state index in [4.69, 9.17) is 18.0 Å². The van der Waals surface area contributed by atoms with Crippen molar-refractivity contribution in [3.63, 3.8) is 0 Å². The normalized spacial score (nSPS) is 14.1. The van der Waals surface area contributed by atoms with Crippen LogP contribution in [0.5, 0.6) is 0 Å². The Kier molecular flexibility index (Phi) is 10.3. The van der Waals surface area contributed by atoms with Gasteiger partial charge >= 0.3 is 8.80 Å². The molecule has 4 nitrogen and oxygen atoms in total. The van der Waals surface area contributed by atoms with E-state index in [9.17, 15) is 0 Å². The number of ether oxygens (including phenoxy) is 1. The molecule has 0 aliphatic rings. The number of hydrogen-bond acceptors (Lipinski definition) is 4. The minimum atomic E-state index is -2.75. The van der Waals surface area contributed by atoms with E-state index < -0.39 is 8.80 Å². The van der Waals surface area contributed by atoms with E-state index in [2.05, 4.69) is 13.8 Å². The van der Waals surface area contributed by atoms with Gasteiger partial charge in [0.2, 0.25) is 0 Å². The molecule has 0 aromatic rings. The zero-order valence-electron chi connectivity index (χ0n) is 12.4. The summed E-state index contributed by atoms with van der Waals surface area (Å²) >= 11 is 0. The topological polar surface area (TPSA) is 36.9 Å². The molecule has 0 N–H and O–H groups in total. The van der Waals surface area contributed by atoms with Gasteiger partial charge in [0.25, 0.3) is 0 Å². The van der Waals surface area contributed by atoms with Gasteiger partial charge in [-0.05, 0) is 33.6 Å². The molecule has 0 heterocycles. The molecule has 108 valence electrons. The highest BCUT2D eigenvalue weighted by Gasteiger charge is 2.50. The number of allylic oxidation sites excluding steroid dienone is 1. The number of hydrogen-bond donors (Lipinski definition) is 0. The second kappa shape index (κ2) is 10.5. The molecule has 0 saturated heterocycles. The molecule has 1 atom stereocenters. The lowest BCUT2D eigenvalue weighted by atomic mass is 10.5. The van der Waals surface area contributed by atoms with Crippen molar-refractivity contribution >= 4 is 8.80 Å². The summed E-state index contributed by atoms with van der Waals surface area (Å²) < 4.78 is 23.3. The largest absolute Gasteiger partial charge is 0.543 e. The van der Waals surface area contributed by atoms with Crippen LogP contribution >= 0.6 is 0 Å². The van der Waals surface area contributed by atoms with E-state index in [1.165, 1.54) is 0 Å². The van der Waals surface area contributed by atoms with Crippen LogP contribution in [0.3, 0.4) is 0 Å². The maximum Gasteiger partial charge on any atom is 0.543 e. The third-order valence-corrected chi connectivity index (χ3v) is 5.78. The van der Waals surface area contributed by atoms with Crippen molar-refractivity contribution in [2.24, 2.45) is 0 Å². The summed E-state index contributed by atoms with van der Waals surface area (Å²) in [6.07, 6.45) is 5.46. The second-order valence-electron chi connectivity index (χ2n) is 3.72. The molecule has 0 bridgehead atoms. The Labute approximate surface area is 113 Å². The average Bonchev–Trinajstić information content (AvgIpc) is 2.35. The molecule has 0 radical (unpaired) electrons. The van der Waals surface area contributed by atoms with Crippen molar-refractivity contribution in [2.75, 3.05) is 19.8 Å². The Morgan fingerprint density at radius 2 is 1.39 bits per heavy atom. The highest BCUT2D eigenvalue weighted by atomic mass is 28.4. The second-order valence-corrected chi connectivity index (χ2v) is 6.43.